The third-order valence-electron chi connectivity index (χ3n) is 8.27. The fourth-order valence-corrected chi connectivity index (χ4v) is 5.46. The summed E-state index contributed by atoms with van der Waals surface area (Å²) in [7, 11) is 0. The smallest absolute Gasteiger partial charge is 0.411 e. The van der Waals surface area contributed by atoms with E-state index in [1.54, 1.807) is 0 Å². The Hall–Kier alpha value is -3.02. The van der Waals surface area contributed by atoms with Crippen LogP contribution in [-0.2, 0) is 15.9 Å². The Balaban J connectivity index is 1.52. The summed E-state index contributed by atoms with van der Waals surface area (Å²) in [5, 5.41) is 5.64. The van der Waals surface area contributed by atoms with E-state index in [9.17, 15) is 9.59 Å². The molecule has 0 aliphatic heterocycles. The van der Waals surface area contributed by atoms with Crippen LogP contribution in [0.4, 0.5) is 21.0 Å². The van der Waals surface area contributed by atoms with Gasteiger partial charge in [-0.15, -0.1) is 0 Å². The third kappa shape index (κ3) is 20.6. The van der Waals surface area contributed by atoms with E-state index in [-0.39, 0.29) is 0 Å². The number of amides is 2. The molecule has 0 saturated carbocycles. The highest BCUT2D eigenvalue weighted by Gasteiger charge is 2.06. The summed E-state index contributed by atoms with van der Waals surface area (Å²) in [6.07, 6.45) is 25.1. The lowest BCUT2D eigenvalue weighted by Crippen LogP contribution is -2.14. The van der Waals surface area contributed by atoms with Crippen LogP contribution >= 0.6 is 0 Å². The second kappa shape index (κ2) is 26.2. The molecule has 6 nitrogen and oxygen atoms in total. The highest BCUT2D eigenvalue weighted by atomic mass is 16.6. The second-order valence-electron chi connectivity index (χ2n) is 12.5. The molecule has 0 atom stereocenters. The number of carbonyl (C=O) groups excluding carboxylic acids is 2. The molecule has 0 fully saturated rings. The number of anilines is 2. The largest absolute Gasteiger partial charge is 0.449 e. The Bertz CT molecular complexity index is 925. The average molecular weight is 623 g/mol. The van der Waals surface area contributed by atoms with Crippen molar-refractivity contribution >= 4 is 23.6 Å². The fraction of sp³-hybridized carbons (Fsp3) is 0.641. The number of nitrogens with one attached hydrogen (secondary N) is 2. The van der Waals surface area contributed by atoms with Gasteiger partial charge in [0.05, 0.1) is 13.2 Å². The molecule has 0 aliphatic rings. The Morgan fingerprint density at radius 1 is 0.444 bits per heavy atom. The lowest BCUT2D eigenvalue weighted by molar-refractivity contribution is 0.158. The quantitative estimate of drug-likeness (QED) is 0.102. The molecule has 0 aromatic heterocycles. The molecule has 2 rings (SSSR count). The minimum Gasteiger partial charge on any atom is -0.449 e. The first kappa shape index (κ1) is 38.2. The van der Waals surface area contributed by atoms with Crippen molar-refractivity contribution in [3.8, 4) is 0 Å². The lowest BCUT2D eigenvalue weighted by Gasteiger charge is -2.09. The highest BCUT2D eigenvalue weighted by Crippen LogP contribution is 2.17. The van der Waals surface area contributed by atoms with Gasteiger partial charge in [-0.2, -0.15) is 0 Å². The predicted octanol–water partition coefficient (Wildman–Crippen LogP) is 12.2. The molecule has 2 N–H and O–H groups in total. The molecule has 2 aromatic rings. The average Bonchev–Trinajstić information content (AvgIpc) is 3.04. The summed E-state index contributed by atoms with van der Waals surface area (Å²) >= 11 is 0. The standard InChI is InChI=1S/C39H62N2O4/c1-3-5-7-9-11-13-15-17-19-21-31-44-38(42)40-36-27-23-34(24-28-36)33-35-25-29-37(30-26-35)41-39(43)45-32-22-20-18-16-14-12-10-8-6-4-2/h23-30H,3-22,31-33H2,1-2H3,(H,40,42)(H,41,43). The number of benzene rings is 2. The molecule has 6 heteroatoms. The maximum Gasteiger partial charge on any atom is 0.411 e. The maximum absolute atomic E-state index is 12.1. The van der Waals surface area contributed by atoms with Gasteiger partial charge in [0.2, 0.25) is 0 Å². The van der Waals surface area contributed by atoms with Crippen LogP contribution in [0.5, 0.6) is 0 Å². The van der Waals surface area contributed by atoms with Gasteiger partial charge in [-0.05, 0) is 54.7 Å². The molecule has 0 aliphatic carbocycles. The van der Waals surface area contributed by atoms with E-state index in [0.29, 0.717) is 13.2 Å². The Morgan fingerprint density at radius 2 is 0.733 bits per heavy atom. The van der Waals surface area contributed by atoms with Crippen molar-refractivity contribution in [3.63, 3.8) is 0 Å². The van der Waals surface area contributed by atoms with Crippen LogP contribution in [0.2, 0.25) is 0 Å². The fourth-order valence-electron chi connectivity index (χ4n) is 5.46. The van der Waals surface area contributed by atoms with E-state index >= 15 is 0 Å². The molecule has 0 bridgehead atoms. The minimum absolute atomic E-state index is 0.399. The van der Waals surface area contributed by atoms with Gasteiger partial charge in [-0.25, -0.2) is 9.59 Å². The first-order chi connectivity index (χ1) is 22.1. The lowest BCUT2D eigenvalue weighted by atomic mass is 10.0. The second-order valence-corrected chi connectivity index (χ2v) is 12.5. The van der Waals surface area contributed by atoms with Crippen molar-refractivity contribution in [2.24, 2.45) is 0 Å². The predicted molar refractivity (Wildman–Crippen MR) is 189 cm³/mol. The number of hydrogen-bond acceptors (Lipinski definition) is 4. The van der Waals surface area contributed by atoms with E-state index in [1.165, 1.54) is 103 Å². The van der Waals surface area contributed by atoms with Gasteiger partial charge >= 0.3 is 12.2 Å². The van der Waals surface area contributed by atoms with Gasteiger partial charge in [-0.1, -0.05) is 154 Å². The molecule has 252 valence electrons. The van der Waals surface area contributed by atoms with Gasteiger partial charge in [0, 0.05) is 11.4 Å². The van der Waals surface area contributed by atoms with Crippen LogP contribution in [0.3, 0.4) is 0 Å². The topological polar surface area (TPSA) is 76.7 Å². The van der Waals surface area contributed by atoms with Crippen LogP contribution in [0.25, 0.3) is 0 Å². The summed E-state index contributed by atoms with van der Waals surface area (Å²) < 4.78 is 10.7. The van der Waals surface area contributed by atoms with Crippen LogP contribution < -0.4 is 10.6 Å². The molecule has 2 aromatic carbocycles. The SMILES string of the molecule is CCCCCCCCCCCCOC(=O)Nc1ccc(Cc2ccc(NC(=O)OCCCCCCCCCCCC)cc2)cc1. The summed E-state index contributed by atoms with van der Waals surface area (Å²) in [6.45, 7) is 5.42. The van der Waals surface area contributed by atoms with Crippen LogP contribution in [-0.4, -0.2) is 25.4 Å². The van der Waals surface area contributed by atoms with Crippen molar-refractivity contribution < 1.29 is 19.1 Å². The molecule has 0 radical (unpaired) electrons. The van der Waals surface area contributed by atoms with E-state index in [0.717, 1.165) is 54.6 Å². The molecule has 2 amide bonds. The van der Waals surface area contributed by atoms with Crippen LogP contribution in [0.15, 0.2) is 48.5 Å². The van der Waals surface area contributed by atoms with Gasteiger partial charge in [-0.3, -0.25) is 10.6 Å². The zero-order valence-corrected chi connectivity index (χ0v) is 28.5. The number of unbranched alkanes of at least 4 members (excludes halogenated alkanes) is 18. The van der Waals surface area contributed by atoms with Gasteiger partial charge in [0.25, 0.3) is 0 Å². The Kier molecular flexibility index (Phi) is 22.2. The molecule has 45 heavy (non-hydrogen) atoms. The first-order valence-corrected chi connectivity index (χ1v) is 18.2. The zero-order valence-electron chi connectivity index (χ0n) is 28.5. The van der Waals surface area contributed by atoms with Crippen molar-refractivity contribution in [2.45, 2.75) is 149 Å². The summed E-state index contributed by atoms with van der Waals surface area (Å²) in [5.41, 5.74) is 3.72. The van der Waals surface area contributed by atoms with Crippen molar-refractivity contribution in [1.82, 2.24) is 0 Å². The highest BCUT2D eigenvalue weighted by molar-refractivity contribution is 5.85. The summed E-state index contributed by atoms with van der Waals surface area (Å²) in [5.74, 6) is 0. The van der Waals surface area contributed by atoms with Crippen molar-refractivity contribution in [1.29, 1.82) is 0 Å². The van der Waals surface area contributed by atoms with Crippen molar-refractivity contribution in [3.05, 3.63) is 59.7 Å². The van der Waals surface area contributed by atoms with Gasteiger partial charge < -0.3 is 9.47 Å². The zero-order chi connectivity index (χ0) is 32.2. The number of ether oxygens (including phenoxy) is 2. The van der Waals surface area contributed by atoms with E-state index < -0.39 is 12.2 Å². The summed E-state index contributed by atoms with van der Waals surface area (Å²) in [4.78, 5) is 24.3. The number of rotatable bonds is 26. The van der Waals surface area contributed by atoms with Gasteiger partial charge in [0.1, 0.15) is 0 Å². The molecule has 0 saturated heterocycles. The molecular weight excluding hydrogens is 560 g/mol. The van der Waals surface area contributed by atoms with Crippen molar-refractivity contribution in [2.75, 3.05) is 23.8 Å². The van der Waals surface area contributed by atoms with E-state index in [4.69, 9.17) is 9.47 Å². The van der Waals surface area contributed by atoms with Gasteiger partial charge in [0.15, 0.2) is 0 Å². The molecular formula is C39H62N2O4. The minimum atomic E-state index is -0.399. The van der Waals surface area contributed by atoms with Crippen LogP contribution in [0.1, 0.15) is 153 Å². The molecule has 0 spiro atoms. The Labute approximate surface area is 274 Å². The number of carbonyl (C=O) groups is 2. The maximum atomic E-state index is 12.1. The first-order valence-electron chi connectivity index (χ1n) is 18.2. The summed E-state index contributed by atoms with van der Waals surface area (Å²) in [6, 6.07) is 15.6. The van der Waals surface area contributed by atoms with E-state index in [2.05, 4.69) is 24.5 Å². The van der Waals surface area contributed by atoms with E-state index in [1.807, 2.05) is 48.5 Å². The van der Waals surface area contributed by atoms with Crippen LogP contribution in [0, 0.1) is 0 Å². The molecule has 0 heterocycles. The number of hydrogen-bond donors (Lipinski definition) is 2. The molecule has 0 unspecified atom stereocenters. The normalized spacial score (nSPS) is 10.9. The monoisotopic (exact) mass is 622 g/mol. The Morgan fingerprint density at radius 3 is 1.04 bits per heavy atom. The third-order valence-corrected chi connectivity index (χ3v) is 8.27.